The van der Waals surface area contributed by atoms with E-state index in [4.69, 9.17) is 4.74 Å². The van der Waals surface area contributed by atoms with Crippen molar-refractivity contribution in [3.05, 3.63) is 45.4 Å². The van der Waals surface area contributed by atoms with Gasteiger partial charge in [-0.05, 0) is 24.1 Å². The number of benzene rings is 1. The second-order valence-electron chi connectivity index (χ2n) is 4.20. The van der Waals surface area contributed by atoms with Crippen molar-refractivity contribution in [1.29, 1.82) is 0 Å². The van der Waals surface area contributed by atoms with Crippen LogP contribution in [0.5, 0.6) is 5.75 Å². The maximum Gasteiger partial charge on any atom is 0.443 e. The average Bonchev–Trinajstić information content (AvgIpc) is 2.88. The van der Waals surface area contributed by atoms with Crippen LogP contribution in [0.3, 0.4) is 0 Å². The smallest absolute Gasteiger partial charge is 0.443 e. The van der Waals surface area contributed by atoms with Gasteiger partial charge in [-0.25, -0.2) is 4.98 Å². The molecule has 0 fully saturated rings. The van der Waals surface area contributed by atoms with E-state index < -0.39 is 17.3 Å². The van der Waals surface area contributed by atoms with Crippen molar-refractivity contribution in [2.24, 2.45) is 0 Å². The van der Waals surface area contributed by atoms with Gasteiger partial charge >= 0.3 is 6.18 Å². The van der Waals surface area contributed by atoms with Gasteiger partial charge in [0.2, 0.25) is 0 Å². The Morgan fingerprint density at radius 2 is 2.05 bits per heavy atom. The summed E-state index contributed by atoms with van der Waals surface area (Å²) in [6, 6.07) is 4.99. The van der Waals surface area contributed by atoms with Gasteiger partial charge in [0.1, 0.15) is 11.9 Å². The Balaban J connectivity index is 2.31. The average molecular weight is 303 g/mol. The highest BCUT2D eigenvalue weighted by Gasteiger charge is 2.35. The van der Waals surface area contributed by atoms with Gasteiger partial charge < -0.3 is 9.84 Å². The zero-order valence-electron chi connectivity index (χ0n) is 10.7. The number of aryl methyl sites for hydroxylation is 1. The second-order valence-corrected chi connectivity index (χ2v) is 5.26. The summed E-state index contributed by atoms with van der Waals surface area (Å²) in [4.78, 5) is 3.44. The SMILES string of the molecule is COc1cc(C(O)c2cnc(C(F)(F)F)s2)ccc1C. The predicted molar refractivity (Wildman–Crippen MR) is 68.9 cm³/mol. The highest BCUT2D eigenvalue weighted by molar-refractivity contribution is 7.11. The van der Waals surface area contributed by atoms with Crippen LogP contribution in [0.15, 0.2) is 24.4 Å². The Hall–Kier alpha value is -1.60. The molecule has 20 heavy (non-hydrogen) atoms. The number of nitrogens with zero attached hydrogens (tertiary/aromatic N) is 1. The fourth-order valence-electron chi connectivity index (χ4n) is 1.71. The zero-order chi connectivity index (χ0) is 14.9. The molecule has 1 heterocycles. The first-order chi connectivity index (χ1) is 9.32. The van der Waals surface area contributed by atoms with Crippen molar-refractivity contribution < 1.29 is 23.0 Å². The summed E-state index contributed by atoms with van der Waals surface area (Å²) in [5.74, 6) is 0.571. The molecule has 1 aromatic heterocycles. The number of aromatic nitrogens is 1. The zero-order valence-corrected chi connectivity index (χ0v) is 11.5. The van der Waals surface area contributed by atoms with Crippen LogP contribution in [0.4, 0.5) is 13.2 Å². The van der Waals surface area contributed by atoms with Crippen LogP contribution in [-0.4, -0.2) is 17.2 Å². The third-order valence-electron chi connectivity index (χ3n) is 2.78. The van der Waals surface area contributed by atoms with Gasteiger partial charge in [0.15, 0.2) is 5.01 Å². The minimum Gasteiger partial charge on any atom is -0.496 e. The molecule has 0 aliphatic heterocycles. The molecular formula is C13H12F3NO2S. The number of rotatable bonds is 3. The quantitative estimate of drug-likeness (QED) is 0.942. The maximum atomic E-state index is 12.5. The fraction of sp³-hybridized carbons (Fsp3) is 0.308. The highest BCUT2D eigenvalue weighted by Crippen LogP contribution is 2.36. The highest BCUT2D eigenvalue weighted by atomic mass is 32.1. The van der Waals surface area contributed by atoms with Crippen molar-refractivity contribution >= 4 is 11.3 Å². The van der Waals surface area contributed by atoms with E-state index in [1.165, 1.54) is 7.11 Å². The van der Waals surface area contributed by atoms with Crippen molar-refractivity contribution in [2.45, 2.75) is 19.2 Å². The minimum absolute atomic E-state index is 0.142. The van der Waals surface area contributed by atoms with Gasteiger partial charge in [-0.15, -0.1) is 11.3 Å². The molecule has 0 radical (unpaired) electrons. The molecule has 0 amide bonds. The Bertz CT molecular complexity index is 610. The van der Waals surface area contributed by atoms with E-state index in [0.717, 1.165) is 11.8 Å². The van der Waals surface area contributed by atoms with Crippen molar-refractivity contribution in [3.8, 4) is 5.75 Å². The third kappa shape index (κ3) is 2.94. The first-order valence-corrected chi connectivity index (χ1v) is 6.50. The largest absolute Gasteiger partial charge is 0.496 e. The summed E-state index contributed by atoms with van der Waals surface area (Å²) in [6.45, 7) is 1.84. The van der Waals surface area contributed by atoms with Gasteiger partial charge in [-0.1, -0.05) is 12.1 Å². The molecule has 0 saturated carbocycles. The Kier molecular flexibility index (Phi) is 4.01. The van der Waals surface area contributed by atoms with Crippen LogP contribution in [0, 0.1) is 6.92 Å². The fourth-order valence-corrected chi connectivity index (χ4v) is 2.51. The molecule has 0 aliphatic rings. The summed E-state index contributed by atoms with van der Waals surface area (Å²) in [5, 5.41) is 9.16. The number of hydrogen-bond donors (Lipinski definition) is 1. The molecule has 1 aromatic carbocycles. The lowest BCUT2D eigenvalue weighted by Crippen LogP contribution is -2.03. The van der Waals surface area contributed by atoms with E-state index in [0.29, 0.717) is 22.6 Å². The summed E-state index contributed by atoms with van der Waals surface area (Å²) in [6.07, 6.45) is -4.60. The summed E-state index contributed by atoms with van der Waals surface area (Å²) >= 11 is 0.433. The van der Waals surface area contributed by atoms with E-state index in [1.807, 2.05) is 6.92 Å². The van der Waals surface area contributed by atoms with Gasteiger partial charge in [0, 0.05) is 6.20 Å². The van der Waals surface area contributed by atoms with Crippen LogP contribution in [0.1, 0.15) is 27.1 Å². The number of ether oxygens (including phenoxy) is 1. The molecule has 1 N–H and O–H groups in total. The Morgan fingerprint density at radius 3 is 2.60 bits per heavy atom. The van der Waals surface area contributed by atoms with E-state index in [9.17, 15) is 18.3 Å². The molecule has 2 aromatic rings. The monoisotopic (exact) mass is 303 g/mol. The lowest BCUT2D eigenvalue weighted by molar-refractivity contribution is -0.137. The summed E-state index contributed by atoms with van der Waals surface area (Å²) in [7, 11) is 1.49. The minimum atomic E-state index is -4.49. The Labute approximate surface area is 117 Å². The third-order valence-corrected chi connectivity index (χ3v) is 3.88. The lowest BCUT2D eigenvalue weighted by atomic mass is 10.1. The number of aliphatic hydroxyl groups is 1. The molecule has 0 bridgehead atoms. The first kappa shape index (κ1) is 14.8. The second kappa shape index (κ2) is 5.41. The lowest BCUT2D eigenvalue weighted by Gasteiger charge is -2.11. The topological polar surface area (TPSA) is 42.4 Å². The standard InChI is InChI=1S/C13H12F3NO2S/c1-7-3-4-8(5-9(7)19-2)11(18)10-6-17-12(20-10)13(14,15)16/h3-6,11,18H,1-2H3. The molecule has 108 valence electrons. The molecular weight excluding hydrogens is 291 g/mol. The molecule has 1 atom stereocenters. The summed E-state index contributed by atoms with van der Waals surface area (Å²) in [5.41, 5.74) is 1.34. The van der Waals surface area contributed by atoms with E-state index >= 15 is 0 Å². The molecule has 1 unspecified atom stereocenters. The number of aliphatic hydroxyl groups excluding tert-OH is 1. The van der Waals surface area contributed by atoms with Crippen LogP contribution in [-0.2, 0) is 6.18 Å². The number of alkyl halides is 3. The van der Waals surface area contributed by atoms with Crippen molar-refractivity contribution in [3.63, 3.8) is 0 Å². The van der Waals surface area contributed by atoms with Gasteiger partial charge in [-0.3, -0.25) is 0 Å². The molecule has 3 nitrogen and oxygen atoms in total. The van der Waals surface area contributed by atoms with Gasteiger partial charge in [0.05, 0.1) is 12.0 Å². The van der Waals surface area contributed by atoms with E-state index in [1.54, 1.807) is 18.2 Å². The van der Waals surface area contributed by atoms with Crippen LogP contribution < -0.4 is 4.74 Å². The number of halogens is 3. The predicted octanol–water partition coefficient (Wildman–Crippen LogP) is 3.56. The normalized spacial score (nSPS) is 13.3. The molecule has 0 spiro atoms. The van der Waals surface area contributed by atoms with E-state index in [2.05, 4.69) is 4.98 Å². The van der Waals surface area contributed by atoms with Crippen molar-refractivity contribution in [2.75, 3.05) is 7.11 Å². The number of thiazole rings is 1. The number of methoxy groups -OCH3 is 1. The number of hydrogen-bond acceptors (Lipinski definition) is 4. The van der Waals surface area contributed by atoms with Crippen LogP contribution in [0.2, 0.25) is 0 Å². The van der Waals surface area contributed by atoms with Crippen molar-refractivity contribution in [1.82, 2.24) is 4.98 Å². The van der Waals surface area contributed by atoms with Crippen LogP contribution >= 0.6 is 11.3 Å². The maximum absolute atomic E-state index is 12.5. The van der Waals surface area contributed by atoms with Gasteiger partial charge in [-0.2, -0.15) is 13.2 Å². The Morgan fingerprint density at radius 1 is 1.35 bits per heavy atom. The molecule has 0 aliphatic carbocycles. The molecule has 2 rings (SSSR count). The summed E-state index contributed by atoms with van der Waals surface area (Å²) < 4.78 is 42.6. The van der Waals surface area contributed by atoms with E-state index in [-0.39, 0.29) is 4.88 Å². The van der Waals surface area contributed by atoms with Gasteiger partial charge in [0.25, 0.3) is 0 Å². The first-order valence-electron chi connectivity index (χ1n) is 5.68. The van der Waals surface area contributed by atoms with Crippen LogP contribution in [0.25, 0.3) is 0 Å². The molecule has 7 heteroatoms. The molecule has 0 saturated heterocycles.